The summed E-state index contributed by atoms with van der Waals surface area (Å²) >= 11 is 1.25. The third-order valence-corrected chi connectivity index (χ3v) is 4.25. The van der Waals surface area contributed by atoms with E-state index in [0.717, 1.165) is 41.2 Å². The molecule has 0 fully saturated rings. The summed E-state index contributed by atoms with van der Waals surface area (Å²) in [4.78, 5) is 2.25. The number of para-hydroxylation sites is 1. The lowest BCUT2D eigenvalue weighted by molar-refractivity contribution is 0.172. The molecule has 0 unspecified atom stereocenters. The second-order valence-corrected chi connectivity index (χ2v) is 5.94. The molecule has 5 nitrogen and oxygen atoms in total. The Kier molecular flexibility index (Phi) is 3.40. The first-order chi connectivity index (χ1) is 10.8. The molecule has 1 aliphatic heterocycles. The van der Waals surface area contributed by atoms with E-state index in [4.69, 9.17) is 9.47 Å². The third-order valence-electron chi connectivity index (χ3n) is 3.69. The topological polar surface area (TPSA) is 47.5 Å². The maximum Gasteiger partial charge on any atom is 0.231 e. The highest BCUT2D eigenvalue weighted by molar-refractivity contribution is 7.00. The molecule has 2 aromatic carbocycles. The van der Waals surface area contributed by atoms with Gasteiger partial charge in [0.2, 0.25) is 6.79 Å². The number of benzene rings is 2. The van der Waals surface area contributed by atoms with E-state index in [9.17, 15) is 0 Å². The Labute approximate surface area is 132 Å². The minimum Gasteiger partial charge on any atom is -0.454 e. The maximum atomic E-state index is 5.56. The molecule has 0 spiro atoms. The summed E-state index contributed by atoms with van der Waals surface area (Å²) in [5.74, 6) is 1.70. The smallest absolute Gasteiger partial charge is 0.231 e. The predicted molar refractivity (Wildman–Crippen MR) is 85.2 cm³/mol. The standard InChI is InChI=1S/C16H15N3O2S/c1-19(8-11-5-6-13-14(7-11)18-22-17-13)9-12-3-2-4-15-16(12)21-10-20-15/h2-7H,8-10H2,1H3. The Morgan fingerprint density at radius 3 is 2.95 bits per heavy atom. The number of hydrogen-bond acceptors (Lipinski definition) is 6. The molecule has 4 rings (SSSR count). The quantitative estimate of drug-likeness (QED) is 0.741. The monoisotopic (exact) mass is 313 g/mol. The van der Waals surface area contributed by atoms with Crippen LogP contribution in [0.2, 0.25) is 0 Å². The lowest BCUT2D eigenvalue weighted by Gasteiger charge is -2.17. The van der Waals surface area contributed by atoms with E-state index in [0.29, 0.717) is 6.79 Å². The summed E-state index contributed by atoms with van der Waals surface area (Å²) in [6, 6.07) is 12.3. The molecule has 0 amide bonds. The van der Waals surface area contributed by atoms with E-state index in [2.05, 4.69) is 38.9 Å². The van der Waals surface area contributed by atoms with Crippen molar-refractivity contribution in [3.05, 3.63) is 47.5 Å². The summed E-state index contributed by atoms with van der Waals surface area (Å²) in [7, 11) is 2.10. The van der Waals surface area contributed by atoms with Gasteiger partial charge >= 0.3 is 0 Å². The molecular formula is C16H15N3O2S. The molecule has 0 atom stereocenters. The Bertz CT molecular complexity index is 818. The molecular weight excluding hydrogens is 298 g/mol. The van der Waals surface area contributed by atoms with Crippen molar-refractivity contribution in [1.29, 1.82) is 0 Å². The number of fused-ring (bicyclic) bond motifs is 2. The van der Waals surface area contributed by atoms with Crippen LogP contribution in [0.4, 0.5) is 0 Å². The molecule has 6 heteroatoms. The first-order valence-corrected chi connectivity index (χ1v) is 7.80. The van der Waals surface area contributed by atoms with Crippen LogP contribution in [0.25, 0.3) is 11.0 Å². The number of ether oxygens (including phenoxy) is 2. The Morgan fingerprint density at radius 1 is 1.09 bits per heavy atom. The van der Waals surface area contributed by atoms with Gasteiger partial charge in [-0.3, -0.25) is 4.90 Å². The Morgan fingerprint density at radius 2 is 2.00 bits per heavy atom. The molecule has 0 saturated carbocycles. The van der Waals surface area contributed by atoms with Crippen LogP contribution in [0.15, 0.2) is 36.4 Å². The number of hydrogen-bond donors (Lipinski definition) is 0. The number of rotatable bonds is 4. The van der Waals surface area contributed by atoms with Crippen molar-refractivity contribution in [3.8, 4) is 11.5 Å². The normalized spacial score (nSPS) is 13.2. The van der Waals surface area contributed by atoms with Crippen molar-refractivity contribution in [3.63, 3.8) is 0 Å². The average molecular weight is 313 g/mol. The van der Waals surface area contributed by atoms with Crippen molar-refractivity contribution >= 4 is 22.8 Å². The van der Waals surface area contributed by atoms with Gasteiger partial charge in [0.15, 0.2) is 11.5 Å². The summed E-state index contributed by atoms with van der Waals surface area (Å²) in [5.41, 5.74) is 4.30. The fourth-order valence-corrected chi connectivity index (χ4v) is 3.22. The van der Waals surface area contributed by atoms with Crippen molar-refractivity contribution in [2.24, 2.45) is 0 Å². The Hall–Kier alpha value is -2.18. The molecule has 0 saturated heterocycles. The largest absolute Gasteiger partial charge is 0.454 e. The van der Waals surface area contributed by atoms with Crippen LogP contribution in [-0.2, 0) is 13.1 Å². The maximum absolute atomic E-state index is 5.56. The summed E-state index contributed by atoms with van der Waals surface area (Å²) in [5, 5.41) is 0. The van der Waals surface area contributed by atoms with Crippen molar-refractivity contribution < 1.29 is 9.47 Å². The third kappa shape index (κ3) is 2.51. The second-order valence-electron chi connectivity index (χ2n) is 5.41. The van der Waals surface area contributed by atoms with Crippen LogP contribution >= 0.6 is 11.7 Å². The van der Waals surface area contributed by atoms with Gasteiger partial charge < -0.3 is 9.47 Å². The first-order valence-electron chi connectivity index (χ1n) is 7.07. The zero-order valence-corrected chi connectivity index (χ0v) is 13.0. The molecule has 2 heterocycles. The molecule has 3 aromatic rings. The number of aromatic nitrogens is 2. The summed E-state index contributed by atoms with van der Waals surface area (Å²) < 4.78 is 19.5. The highest BCUT2D eigenvalue weighted by Gasteiger charge is 2.18. The van der Waals surface area contributed by atoms with E-state index in [1.165, 1.54) is 17.3 Å². The van der Waals surface area contributed by atoms with Crippen LogP contribution in [-0.4, -0.2) is 27.5 Å². The van der Waals surface area contributed by atoms with Gasteiger partial charge in [-0.25, -0.2) is 0 Å². The SMILES string of the molecule is CN(Cc1ccc2nsnc2c1)Cc1cccc2c1OCO2. The van der Waals surface area contributed by atoms with E-state index < -0.39 is 0 Å². The lowest BCUT2D eigenvalue weighted by Crippen LogP contribution is -2.17. The van der Waals surface area contributed by atoms with Gasteiger partial charge in [0.25, 0.3) is 0 Å². The second kappa shape index (κ2) is 5.55. The van der Waals surface area contributed by atoms with Gasteiger partial charge in [0, 0.05) is 18.7 Å². The molecule has 1 aromatic heterocycles. The molecule has 0 bridgehead atoms. The highest BCUT2D eigenvalue weighted by Crippen LogP contribution is 2.35. The predicted octanol–water partition coefficient (Wildman–Crippen LogP) is 3.05. The zero-order chi connectivity index (χ0) is 14.9. The van der Waals surface area contributed by atoms with Gasteiger partial charge in [-0.15, -0.1) is 0 Å². The van der Waals surface area contributed by atoms with E-state index in [-0.39, 0.29) is 0 Å². The van der Waals surface area contributed by atoms with Crippen molar-refractivity contribution in [2.75, 3.05) is 13.8 Å². The first kappa shape index (κ1) is 13.5. The van der Waals surface area contributed by atoms with Gasteiger partial charge in [-0.1, -0.05) is 18.2 Å². The van der Waals surface area contributed by atoms with Crippen molar-refractivity contribution in [2.45, 2.75) is 13.1 Å². The van der Waals surface area contributed by atoms with Crippen LogP contribution in [0.5, 0.6) is 11.5 Å². The zero-order valence-electron chi connectivity index (χ0n) is 12.2. The van der Waals surface area contributed by atoms with E-state index in [1.54, 1.807) is 0 Å². The fourth-order valence-electron chi connectivity index (χ4n) is 2.70. The molecule has 1 aliphatic rings. The summed E-state index contributed by atoms with van der Waals surface area (Å²) in [6.07, 6.45) is 0. The molecule has 22 heavy (non-hydrogen) atoms. The van der Waals surface area contributed by atoms with Gasteiger partial charge in [0.05, 0.1) is 11.7 Å². The van der Waals surface area contributed by atoms with Crippen LogP contribution < -0.4 is 9.47 Å². The van der Waals surface area contributed by atoms with Crippen LogP contribution in [0, 0.1) is 0 Å². The van der Waals surface area contributed by atoms with Crippen molar-refractivity contribution in [1.82, 2.24) is 13.6 Å². The van der Waals surface area contributed by atoms with Gasteiger partial charge in [0.1, 0.15) is 11.0 Å². The van der Waals surface area contributed by atoms with E-state index in [1.807, 2.05) is 18.2 Å². The lowest BCUT2D eigenvalue weighted by atomic mass is 10.1. The minimum absolute atomic E-state index is 0.309. The highest BCUT2D eigenvalue weighted by atomic mass is 32.1. The molecule has 112 valence electrons. The van der Waals surface area contributed by atoms with Crippen LogP contribution in [0.3, 0.4) is 0 Å². The summed E-state index contributed by atoms with van der Waals surface area (Å²) in [6.45, 7) is 1.96. The van der Waals surface area contributed by atoms with Gasteiger partial charge in [-0.2, -0.15) is 8.75 Å². The average Bonchev–Trinajstić information content (AvgIpc) is 3.15. The van der Waals surface area contributed by atoms with Gasteiger partial charge in [-0.05, 0) is 30.8 Å². The molecule has 0 aliphatic carbocycles. The number of nitrogens with zero attached hydrogens (tertiary/aromatic N) is 3. The Balaban J connectivity index is 1.50. The molecule has 0 radical (unpaired) electrons. The molecule has 0 N–H and O–H groups in total. The fraction of sp³-hybridized carbons (Fsp3) is 0.250. The van der Waals surface area contributed by atoms with E-state index >= 15 is 0 Å². The minimum atomic E-state index is 0.309. The van der Waals surface area contributed by atoms with Crippen LogP contribution in [0.1, 0.15) is 11.1 Å².